The first-order valence-electron chi connectivity index (χ1n) is 5.87. The number of rotatable bonds is 2. The highest BCUT2D eigenvalue weighted by atomic mass is 19.3. The Balaban J connectivity index is 1.77. The number of aliphatic hydroxyl groups excluding tert-OH is 1. The summed E-state index contributed by atoms with van der Waals surface area (Å²) < 4.78 is 26.1. The van der Waals surface area contributed by atoms with Crippen molar-refractivity contribution in [3.63, 3.8) is 0 Å². The molecule has 2 nitrogen and oxygen atoms in total. The topological polar surface area (TPSA) is 23.5 Å². The second-order valence-electron chi connectivity index (χ2n) is 5.06. The number of halogens is 2. The largest absolute Gasteiger partial charge is 0.392 e. The lowest BCUT2D eigenvalue weighted by atomic mass is 10.1. The number of aliphatic hydroxyl groups is 1. The van der Waals surface area contributed by atoms with Crippen LogP contribution in [0.4, 0.5) is 14.5 Å². The van der Waals surface area contributed by atoms with Gasteiger partial charge in [-0.05, 0) is 30.2 Å². The number of fused-ring (bicyclic) bond motifs is 1. The molecule has 0 amide bonds. The molecule has 0 radical (unpaired) electrons. The lowest BCUT2D eigenvalue weighted by molar-refractivity contribution is 0.0798. The number of alkyl halides is 2. The Labute approximate surface area is 98.9 Å². The predicted molar refractivity (Wildman–Crippen MR) is 61.2 cm³/mol. The summed E-state index contributed by atoms with van der Waals surface area (Å²) in [7, 11) is 0. The second kappa shape index (κ2) is 3.42. The molecule has 0 aromatic heterocycles. The van der Waals surface area contributed by atoms with Crippen molar-refractivity contribution in [2.45, 2.75) is 19.5 Å². The molecule has 92 valence electrons. The van der Waals surface area contributed by atoms with E-state index in [0.29, 0.717) is 13.1 Å². The zero-order valence-electron chi connectivity index (χ0n) is 9.66. The van der Waals surface area contributed by atoms with E-state index in [2.05, 4.69) is 0 Å². The van der Waals surface area contributed by atoms with Gasteiger partial charge in [-0.1, -0.05) is 6.07 Å². The Morgan fingerprint density at radius 3 is 2.53 bits per heavy atom. The molecule has 2 unspecified atom stereocenters. The highest BCUT2D eigenvalue weighted by molar-refractivity contribution is 5.53. The molecule has 1 aromatic carbocycles. The van der Waals surface area contributed by atoms with Crippen molar-refractivity contribution in [3.05, 3.63) is 29.3 Å². The van der Waals surface area contributed by atoms with Crippen molar-refractivity contribution in [1.82, 2.24) is 0 Å². The molecule has 1 heterocycles. The van der Waals surface area contributed by atoms with Crippen molar-refractivity contribution in [3.8, 4) is 0 Å². The van der Waals surface area contributed by atoms with Crippen molar-refractivity contribution < 1.29 is 13.9 Å². The number of hydrogen-bond donors (Lipinski definition) is 1. The third-order valence-electron chi connectivity index (χ3n) is 4.06. The fraction of sp³-hybridized carbons (Fsp3) is 0.538. The molecule has 1 aromatic rings. The molecule has 17 heavy (non-hydrogen) atoms. The maximum atomic E-state index is 13.1. The highest BCUT2D eigenvalue weighted by Crippen LogP contribution is 2.59. The molecule has 1 saturated carbocycles. The minimum absolute atomic E-state index is 0.0232. The van der Waals surface area contributed by atoms with Gasteiger partial charge in [-0.15, -0.1) is 0 Å². The Morgan fingerprint density at radius 1 is 1.35 bits per heavy atom. The van der Waals surface area contributed by atoms with Crippen LogP contribution in [0.2, 0.25) is 0 Å². The summed E-state index contributed by atoms with van der Waals surface area (Å²) in [6, 6.07) is 5.74. The lowest BCUT2D eigenvalue weighted by Gasteiger charge is -2.22. The maximum Gasteiger partial charge on any atom is 0.258 e. The summed E-state index contributed by atoms with van der Waals surface area (Å²) in [5.41, 5.74) is 2.89. The Hall–Kier alpha value is -1.16. The fourth-order valence-corrected chi connectivity index (χ4v) is 2.77. The van der Waals surface area contributed by atoms with Crippen LogP contribution >= 0.6 is 0 Å². The average molecular weight is 239 g/mol. The molecule has 2 aliphatic rings. The molecular formula is C13H15F2NO. The summed E-state index contributed by atoms with van der Waals surface area (Å²) in [5.74, 6) is -3.31. The quantitative estimate of drug-likeness (QED) is 0.855. The van der Waals surface area contributed by atoms with Crippen LogP contribution < -0.4 is 4.90 Å². The van der Waals surface area contributed by atoms with E-state index in [0.717, 1.165) is 16.8 Å². The van der Waals surface area contributed by atoms with E-state index in [1.165, 1.54) is 0 Å². The van der Waals surface area contributed by atoms with E-state index in [4.69, 9.17) is 5.11 Å². The minimum Gasteiger partial charge on any atom is -0.392 e. The summed E-state index contributed by atoms with van der Waals surface area (Å²) in [6.07, 6.45) is 0. The van der Waals surface area contributed by atoms with Gasteiger partial charge < -0.3 is 10.0 Å². The average Bonchev–Trinajstić information content (AvgIpc) is 2.70. The van der Waals surface area contributed by atoms with Crippen LogP contribution in [0, 0.1) is 18.8 Å². The van der Waals surface area contributed by atoms with Gasteiger partial charge in [-0.3, -0.25) is 0 Å². The summed E-state index contributed by atoms with van der Waals surface area (Å²) in [5, 5.41) is 9.08. The maximum absolute atomic E-state index is 13.1. The monoisotopic (exact) mass is 239 g/mol. The number of hydrogen-bond acceptors (Lipinski definition) is 2. The highest BCUT2D eigenvalue weighted by Gasteiger charge is 2.71. The van der Waals surface area contributed by atoms with Gasteiger partial charge >= 0.3 is 0 Å². The molecule has 1 saturated heterocycles. The fourth-order valence-electron chi connectivity index (χ4n) is 2.77. The second-order valence-corrected chi connectivity index (χ2v) is 5.06. The van der Waals surface area contributed by atoms with Gasteiger partial charge in [0.25, 0.3) is 5.92 Å². The zero-order chi connectivity index (χ0) is 12.2. The molecule has 1 N–H and O–H groups in total. The molecular weight excluding hydrogens is 224 g/mol. The van der Waals surface area contributed by atoms with Gasteiger partial charge in [0.05, 0.1) is 18.4 Å². The van der Waals surface area contributed by atoms with Crippen LogP contribution in [0.3, 0.4) is 0 Å². The Bertz CT molecular complexity index is 447. The third-order valence-corrected chi connectivity index (χ3v) is 4.06. The molecule has 1 aliphatic carbocycles. The first-order valence-corrected chi connectivity index (χ1v) is 5.87. The van der Waals surface area contributed by atoms with E-state index in [-0.39, 0.29) is 6.61 Å². The van der Waals surface area contributed by atoms with Gasteiger partial charge in [0.2, 0.25) is 0 Å². The van der Waals surface area contributed by atoms with Gasteiger partial charge in [-0.25, -0.2) is 8.78 Å². The summed E-state index contributed by atoms with van der Waals surface area (Å²) in [4.78, 5) is 2.01. The smallest absolute Gasteiger partial charge is 0.258 e. The van der Waals surface area contributed by atoms with E-state index in [9.17, 15) is 8.78 Å². The van der Waals surface area contributed by atoms with Crippen molar-refractivity contribution in [2.75, 3.05) is 18.0 Å². The zero-order valence-corrected chi connectivity index (χ0v) is 9.66. The summed E-state index contributed by atoms with van der Waals surface area (Å²) in [6.45, 7) is 2.86. The van der Waals surface area contributed by atoms with Crippen LogP contribution in [0.25, 0.3) is 0 Å². The third kappa shape index (κ3) is 1.54. The van der Waals surface area contributed by atoms with E-state index < -0.39 is 17.8 Å². The lowest BCUT2D eigenvalue weighted by Crippen LogP contribution is -2.27. The minimum atomic E-state index is -2.42. The molecule has 3 rings (SSSR count). The van der Waals surface area contributed by atoms with Crippen molar-refractivity contribution in [1.29, 1.82) is 0 Å². The molecule has 0 bridgehead atoms. The molecule has 2 fully saturated rings. The van der Waals surface area contributed by atoms with Gasteiger partial charge in [0.15, 0.2) is 0 Å². The van der Waals surface area contributed by atoms with Crippen LogP contribution in [0.1, 0.15) is 11.1 Å². The Kier molecular flexibility index (Phi) is 2.20. The van der Waals surface area contributed by atoms with Crippen molar-refractivity contribution >= 4 is 5.69 Å². The molecule has 4 heteroatoms. The van der Waals surface area contributed by atoms with E-state index in [1.807, 2.05) is 30.0 Å². The van der Waals surface area contributed by atoms with Crippen LogP contribution in [-0.2, 0) is 6.61 Å². The van der Waals surface area contributed by atoms with Crippen LogP contribution in [0.5, 0.6) is 0 Å². The SMILES string of the molecule is Cc1cc(N2CC3C(C2)C3(F)F)ccc1CO. The molecule has 1 aliphatic heterocycles. The van der Waals surface area contributed by atoms with Crippen LogP contribution in [0.15, 0.2) is 18.2 Å². The predicted octanol–water partition coefficient (Wildman–Crippen LogP) is 2.19. The van der Waals surface area contributed by atoms with Crippen molar-refractivity contribution in [2.24, 2.45) is 11.8 Å². The molecule has 0 spiro atoms. The van der Waals surface area contributed by atoms with Gasteiger partial charge in [-0.2, -0.15) is 0 Å². The van der Waals surface area contributed by atoms with Crippen LogP contribution in [-0.4, -0.2) is 24.1 Å². The van der Waals surface area contributed by atoms with Gasteiger partial charge in [0.1, 0.15) is 0 Å². The number of piperidine rings is 1. The number of anilines is 1. The first kappa shape index (κ1) is 11.0. The molecule has 2 atom stereocenters. The normalized spacial score (nSPS) is 29.3. The number of nitrogens with zero attached hydrogens (tertiary/aromatic N) is 1. The number of aryl methyl sites for hydroxylation is 1. The van der Waals surface area contributed by atoms with E-state index >= 15 is 0 Å². The van der Waals surface area contributed by atoms with E-state index in [1.54, 1.807) is 0 Å². The summed E-state index contributed by atoms with van der Waals surface area (Å²) >= 11 is 0. The van der Waals surface area contributed by atoms with Gasteiger partial charge in [0, 0.05) is 18.8 Å². The standard InChI is InChI=1S/C13H15F2NO/c1-8-4-10(3-2-9(8)7-17)16-5-11-12(6-16)13(11,14)15/h2-4,11-12,17H,5-7H2,1H3. The number of benzene rings is 1. The first-order chi connectivity index (χ1) is 8.04. The Morgan fingerprint density at radius 2 is 2.00 bits per heavy atom.